The summed E-state index contributed by atoms with van der Waals surface area (Å²) in [7, 11) is 0. The number of rotatable bonds is 3. The van der Waals surface area contributed by atoms with Gasteiger partial charge in [0.15, 0.2) is 11.5 Å². The van der Waals surface area contributed by atoms with Crippen molar-refractivity contribution in [2.75, 3.05) is 0 Å². The molecule has 1 amide bonds. The molecule has 3 fully saturated rings. The highest BCUT2D eigenvalue weighted by Gasteiger charge is 2.67. The van der Waals surface area contributed by atoms with Gasteiger partial charge in [-0.05, 0) is 32.0 Å². The van der Waals surface area contributed by atoms with Crippen LogP contribution in [0.4, 0.5) is 0 Å². The highest BCUT2D eigenvalue weighted by Crippen LogP contribution is 2.36. The van der Waals surface area contributed by atoms with Crippen molar-refractivity contribution in [3.8, 4) is 11.5 Å². The predicted octanol–water partition coefficient (Wildman–Crippen LogP) is 0.153. The van der Waals surface area contributed by atoms with E-state index < -0.39 is 6.17 Å². The zero-order valence-corrected chi connectivity index (χ0v) is 11.3. The molecule has 1 aromatic rings. The lowest BCUT2D eigenvalue weighted by atomic mass is 10.1. The van der Waals surface area contributed by atoms with E-state index in [4.69, 9.17) is 0 Å². The zero-order chi connectivity index (χ0) is 14.5. The van der Waals surface area contributed by atoms with Crippen molar-refractivity contribution in [2.24, 2.45) is 5.10 Å². The Morgan fingerprint density at radius 2 is 2.10 bits per heavy atom. The Bertz CT molecular complexity index is 612. The highest BCUT2D eigenvalue weighted by molar-refractivity contribution is 5.85. The van der Waals surface area contributed by atoms with Crippen LogP contribution in [0.2, 0.25) is 0 Å². The lowest BCUT2D eigenvalue weighted by Crippen LogP contribution is -2.75. The smallest absolute Gasteiger partial charge is 0.303 e. The Labute approximate surface area is 116 Å². The molecule has 4 N–H and O–H groups in total. The highest BCUT2D eigenvalue weighted by atomic mass is 16.3. The third-order valence-electron chi connectivity index (χ3n) is 3.60. The van der Waals surface area contributed by atoms with Gasteiger partial charge in [-0.15, -0.1) is 4.59 Å². The third-order valence-corrected chi connectivity index (χ3v) is 3.60. The number of nitrogens with zero attached hydrogens (tertiary/aromatic N) is 2. The van der Waals surface area contributed by atoms with E-state index in [0.717, 1.165) is 11.3 Å². The summed E-state index contributed by atoms with van der Waals surface area (Å²) in [5, 5.41) is 29.5. The van der Waals surface area contributed by atoms with Gasteiger partial charge >= 0.3 is 5.91 Å². The Balaban J connectivity index is 1.95. The van der Waals surface area contributed by atoms with Gasteiger partial charge in [0.25, 0.3) is 12.5 Å². The van der Waals surface area contributed by atoms with Crippen LogP contribution in [0.1, 0.15) is 19.4 Å². The summed E-state index contributed by atoms with van der Waals surface area (Å²) in [5.74, 6) is -0.393. The summed E-state index contributed by atoms with van der Waals surface area (Å²) in [4.78, 5) is 11.8. The van der Waals surface area contributed by atoms with Gasteiger partial charge in [0.05, 0.1) is 5.71 Å². The van der Waals surface area contributed by atoms with Crippen molar-refractivity contribution in [3.63, 3.8) is 0 Å². The van der Waals surface area contributed by atoms with Crippen LogP contribution in [0, 0.1) is 0 Å². The fraction of sp³-hybridized carbons (Fsp3) is 0.385. The molecule has 0 saturated carbocycles. The first-order valence-corrected chi connectivity index (χ1v) is 6.40. The Hall–Kier alpha value is -2.12. The minimum Gasteiger partial charge on any atom is -0.504 e. The van der Waals surface area contributed by atoms with Crippen LogP contribution in [0.25, 0.3) is 0 Å². The van der Waals surface area contributed by atoms with E-state index in [2.05, 4.69) is 15.7 Å². The Kier molecular flexibility index (Phi) is 2.70. The van der Waals surface area contributed by atoms with E-state index >= 15 is 0 Å². The fourth-order valence-electron chi connectivity index (χ4n) is 2.79. The topological polar surface area (TPSA) is 94.0 Å². The second-order valence-corrected chi connectivity index (χ2v) is 5.40. The largest absolute Gasteiger partial charge is 0.504 e. The van der Waals surface area contributed by atoms with E-state index in [9.17, 15) is 15.0 Å². The number of hydrogen-bond donors (Lipinski definition) is 4. The van der Waals surface area contributed by atoms with Crippen LogP contribution in [0.3, 0.4) is 0 Å². The van der Waals surface area contributed by atoms with Crippen molar-refractivity contribution < 1.29 is 19.6 Å². The molecule has 0 radical (unpaired) electrons. The average Bonchev–Trinajstić information content (AvgIpc) is 2.86. The SMILES string of the molecule is CC(C)=N[N+]1(Cc2ccc(O)c(O)c2)C2NC(=O)C1N2. The summed E-state index contributed by atoms with van der Waals surface area (Å²) >= 11 is 0. The van der Waals surface area contributed by atoms with Gasteiger partial charge in [-0.3, -0.25) is 10.1 Å². The van der Waals surface area contributed by atoms with Gasteiger partial charge in [-0.1, -0.05) is 5.10 Å². The van der Waals surface area contributed by atoms with Gasteiger partial charge in [0.1, 0.15) is 6.54 Å². The molecule has 0 spiro atoms. The van der Waals surface area contributed by atoms with Crippen molar-refractivity contribution in [1.82, 2.24) is 10.6 Å². The standard InChI is InChI=1S/C13H16N4O3/c1-7(2)16-17(11-12(20)15-13(17)14-11)6-8-3-4-9(18)10(19)5-8/h3-5,11,13-14H,6H2,1-2H3,(H2-,15,18,19,20)/p+1. The fourth-order valence-corrected chi connectivity index (χ4v) is 2.79. The van der Waals surface area contributed by atoms with E-state index in [0.29, 0.717) is 6.54 Å². The van der Waals surface area contributed by atoms with Crippen LogP contribution in [-0.4, -0.2) is 38.9 Å². The van der Waals surface area contributed by atoms with E-state index in [1.165, 1.54) is 12.1 Å². The van der Waals surface area contributed by atoms with Crippen LogP contribution in [0.5, 0.6) is 11.5 Å². The molecule has 1 aromatic carbocycles. The molecular weight excluding hydrogens is 260 g/mol. The minimum atomic E-state index is -0.397. The number of fused-ring (bicyclic) bond motifs is 1. The van der Waals surface area contributed by atoms with Crippen molar-refractivity contribution in [1.29, 1.82) is 0 Å². The maximum absolute atomic E-state index is 11.8. The number of phenols is 2. The molecule has 0 aliphatic carbocycles. The average molecular weight is 277 g/mol. The predicted molar refractivity (Wildman–Crippen MR) is 71.4 cm³/mol. The molecule has 3 unspecified atom stereocenters. The first-order valence-electron chi connectivity index (χ1n) is 6.40. The number of nitrogens with one attached hydrogen (secondary N) is 2. The molecule has 106 valence electrons. The zero-order valence-electron chi connectivity index (χ0n) is 11.3. The number of aromatic hydroxyl groups is 2. The van der Waals surface area contributed by atoms with Crippen molar-refractivity contribution in [2.45, 2.75) is 32.8 Å². The Morgan fingerprint density at radius 1 is 1.35 bits per heavy atom. The minimum absolute atomic E-state index is 0.0667. The molecule has 2 bridgehead atoms. The number of benzene rings is 1. The monoisotopic (exact) mass is 277 g/mol. The summed E-state index contributed by atoms with van der Waals surface area (Å²) in [6.45, 7) is 4.23. The summed E-state index contributed by atoms with van der Waals surface area (Å²) in [6, 6.07) is 4.66. The maximum Gasteiger partial charge on any atom is 0.303 e. The quantitative estimate of drug-likeness (QED) is 0.359. The maximum atomic E-state index is 11.8. The molecule has 4 rings (SSSR count). The molecule has 3 atom stereocenters. The van der Waals surface area contributed by atoms with Crippen LogP contribution >= 0.6 is 0 Å². The lowest BCUT2D eigenvalue weighted by molar-refractivity contribution is -1.02. The van der Waals surface area contributed by atoms with Crippen LogP contribution in [-0.2, 0) is 11.3 Å². The van der Waals surface area contributed by atoms with Gasteiger partial charge < -0.3 is 10.2 Å². The second-order valence-electron chi connectivity index (χ2n) is 5.40. The van der Waals surface area contributed by atoms with Crippen LogP contribution in [0.15, 0.2) is 23.3 Å². The number of phenolic OH excluding ortho intramolecular Hbond substituents is 2. The lowest BCUT2D eigenvalue weighted by Gasteiger charge is -2.44. The summed E-state index contributed by atoms with van der Waals surface area (Å²) < 4.78 is 0.214. The molecular formula is C13H17N4O3+. The van der Waals surface area contributed by atoms with E-state index in [1.807, 2.05) is 13.8 Å². The summed E-state index contributed by atoms with van der Waals surface area (Å²) in [5.41, 5.74) is 1.68. The number of amides is 1. The molecule has 3 aliphatic rings. The molecule has 3 saturated heterocycles. The number of carbonyl (C=O) groups is 1. The molecule has 20 heavy (non-hydrogen) atoms. The molecule has 7 nitrogen and oxygen atoms in total. The van der Waals surface area contributed by atoms with Gasteiger partial charge in [-0.25, -0.2) is 0 Å². The van der Waals surface area contributed by atoms with Gasteiger partial charge in [0.2, 0.25) is 0 Å². The first-order chi connectivity index (χ1) is 9.42. The van der Waals surface area contributed by atoms with Gasteiger partial charge in [-0.2, -0.15) is 5.32 Å². The van der Waals surface area contributed by atoms with Gasteiger partial charge in [0, 0.05) is 5.56 Å². The molecule has 3 heterocycles. The second kappa shape index (κ2) is 4.19. The van der Waals surface area contributed by atoms with Crippen molar-refractivity contribution >= 4 is 11.6 Å². The van der Waals surface area contributed by atoms with E-state index in [-0.39, 0.29) is 28.3 Å². The van der Waals surface area contributed by atoms with E-state index in [1.54, 1.807) is 6.07 Å². The molecule has 3 aliphatic heterocycles. The third kappa shape index (κ3) is 1.75. The molecule has 7 heteroatoms. The summed E-state index contributed by atoms with van der Waals surface area (Å²) in [6.07, 6.45) is -0.635. The number of carbonyl (C=O) groups excluding carboxylic acids is 1. The number of hydrogen-bond acceptors (Lipinski definition) is 5. The number of quaternary nitrogens is 1. The van der Waals surface area contributed by atoms with Crippen molar-refractivity contribution in [3.05, 3.63) is 23.8 Å². The first kappa shape index (κ1) is 12.9. The Morgan fingerprint density at radius 3 is 2.60 bits per heavy atom. The molecule has 0 aromatic heterocycles. The van der Waals surface area contributed by atoms with Crippen LogP contribution < -0.4 is 10.6 Å². The normalized spacial score (nSPS) is 30.6.